The zero-order chi connectivity index (χ0) is 26.2. The number of rotatable bonds is 11. The molecule has 0 aliphatic heterocycles. The Morgan fingerprint density at radius 1 is 1.17 bits per heavy atom. The molecule has 0 spiro atoms. The minimum absolute atomic E-state index is 0.196. The molecule has 0 aliphatic rings. The highest BCUT2D eigenvalue weighted by atomic mass is 16.5. The molecule has 0 aliphatic carbocycles. The Labute approximate surface area is 212 Å². The van der Waals surface area contributed by atoms with Crippen LogP contribution in [0.1, 0.15) is 69.6 Å². The number of carbonyl (C=O) groups excluding carboxylic acids is 2. The number of nitrogens with zero attached hydrogens (tertiary/aromatic N) is 3. The van der Waals surface area contributed by atoms with Crippen molar-refractivity contribution in [2.45, 2.75) is 53.4 Å². The Hall–Kier alpha value is -3.94. The smallest absolute Gasteiger partial charge is 0.268 e. The van der Waals surface area contributed by atoms with Crippen LogP contribution in [0.2, 0.25) is 0 Å². The summed E-state index contributed by atoms with van der Waals surface area (Å²) >= 11 is 0. The van der Waals surface area contributed by atoms with Crippen LogP contribution >= 0.6 is 0 Å². The number of carbonyl (C=O) groups is 2. The Bertz CT molecular complexity index is 1290. The van der Waals surface area contributed by atoms with Gasteiger partial charge in [-0.15, -0.1) is 0 Å². The van der Waals surface area contributed by atoms with Crippen molar-refractivity contribution in [3.63, 3.8) is 0 Å². The molecule has 3 aromatic rings. The summed E-state index contributed by atoms with van der Waals surface area (Å²) in [4.78, 5) is 33.1. The van der Waals surface area contributed by atoms with E-state index in [1.54, 1.807) is 25.7 Å². The first-order valence-corrected chi connectivity index (χ1v) is 12.2. The molecule has 3 heterocycles. The van der Waals surface area contributed by atoms with Gasteiger partial charge in [0.1, 0.15) is 12.0 Å². The third-order valence-corrected chi connectivity index (χ3v) is 6.00. The number of nitrogens with one attached hydrogen (secondary N) is 2. The van der Waals surface area contributed by atoms with E-state index in [-0.39, 0.29) is 11.8 Å². The summed E-state index contributed by atoms with van der Waals surface area (Å²) in [5, 5.41) is 5.75. The molecule has 0 radical (unpaired) electrons. The summed E-state index contributed by atoms with van der Waals surface area (Å²) in [5.74, 6) is 0.535. The second-order valence-corrected chi connectivity index (χ2v) is 9.09. The first-order valence-electron chi connectivity index (χ1n) is 12.2. The number of methoxy groups -OCH3 is 1. The van der Waals surface area contributed by atoms with Gasteiger partial charge >= 0.3 is 0 Å². The van der Waals surface area contributed by atoms with Gasteiger partial charge in [0.05, 0.1) is 18.3 Å². The van der Waals surface area contributed by atoms with Gasteiger partial charge in [-0.3, -0.25) is 14.0 Å². The van der Waals surface area contributed by atoms with Gasteiger partial charge in [-0.25, -0.2) is 9.97 Å². The third kappa shape index (κ3) is 6.19. The molecule has 0 saturated heterocycles. The summed E-state index contributed by atoms with van der Waals surface area (Å²) < 4.78 is 7.03. The van der Waals surface area contributed by atoms with Crippen molar-refractivity contribution in [3.8, 4) is 17.0 Å². The van der Waals surface area contributed by atoms with Crippen LogP contribution in [-0.2, 0) is 4.79 Å². The van der Waals surface area contributed by atoms with E-state index in [0.717, 1.165) is 52.0 Å². The molecular formula is C28H35N5O3. The molecule has 3 rings (SSSR count). The van der Waals surface area contributed by atoms with E-state index in [4.69, 9.17) is 4.74 Å². The highest BCUT2D eigenvalue weighted by molar-refractivity contribution is 5.95. The Morgan fingerprint density at radius 3 is 2.56 bits per heavy atom. The molecule has 36 heavy (non-hydrogen) atoms. The number of imidazole rings is 1. The molecular weight excluding hydrogens is 454 g/mol. The number of amides is 2. The molecule has 3 aromatic heterocycles. The van der Waals surface area contributed by atoms with Gasteiger partial charge in [-0.1, -0.05) is 32.8 Å². The van der Waals surface area contributed by atoms with Crippen molar-refractivity contribution in [2.75, 3.05) is 13.7 Å². The van der Waals surface area contributed by atoms with Crippen molar-refractivity contribution < 1.29 is 14.3 Å². The van der Waals surface area contributed by atoms with Crippen molar-refractivity contribution in [2.24, 2.45) is 0 Å². The lowest BCUT2D eigenvalue weighted by molar-refractivity contribution is -0.108. The average Bonchev–Trinajstić information content (AvgIpc) is 3.31. The van der Waals surface area contributed by atoms with Gasteiger partial charge < -0.3 is 15.4 Å². The van der Waals surface area contributed by atoms with Crippen LogP contribution in [-0.4, -0.2) is 40.3 Å². The highest BCUT2D eigenvalue weighted by Gasteiger charge is 2.18. The lowest BCUT2D eigenvalue weighted by atomic mass is 10.0. The van der Waals surface area contributed by atoms with E-state index < -0.39 is 0 Å². The fourth-order valence-electron chi connectivity index (χ4n) is 4.06. The molecule has 190 valence electrons. The first-order chi connectivity index (χ1) is 17.3. The molecule has 0 fully saturated rings. The van der Waals surface area contributed by atoms with Gasteiger partial charge in [0, 0.05) is 30.1 Å². The van der Waals surface area contributed by atoms with Crippen LogP contribution in [0.3, 0.4) is 0 Å². The first kappa shape index (κ1) is 26.7. The van der Waals surface area contributed by atoms with Gasteiger partial charge in [0.15, 0.2) is 0 Å². The number of pyridine rings is 2. The van der Waals surface area contributed by atoms with E-state index >= 15 is 0 Å². The molecule has 0 atom stereocenters. The summed E-state index contributed by atoms with van der Waals surface area (Å²) in [6, 6.07) is 7.64. The second kappa shape index (κ2) is 12.2. The number of fused-ring (bicyclic) bond motifs is 1. The molecule has 0 aromatic carbocycles. The summed E-state index contributed by atoms with van der Waals surface area (Å²) in [5.41, 5.74) is 6.97. The maximum atomic E-state index is 13.4. The lowest BCUT2D eigenvalue weighted by Gasteiger charge is -2.14. The fraction of sp³-hybridized carbons (Fsp3) is 0.357. The monoisotopic (exact) mass is 489 g/mol. The van der Waals surface area contributed by atoms with E-state index in [0.29, 0.717) is 24.5 Å². The summed E-state index contributed by atoms with van der Waals surface area (Å²) in [7, 11) is 1.58. The van der Waals surface area contributed by atoms with Crippen LogP contribution in [0.15, 0.2) is 59.7 Å². The second-order valence-electron chi connectivity index (χ2n) is 9.09. The standard InChI is InChI=1S/C28H35N5O3/c1-7-8-21(11-20(5)32-17-34)19(4)14-30-28(35)25-13-23(22-9-10-26(36-6)29-15-22)12-24-27(18(2)3)31-16-33(24)25/h9-13,15-18H,7-8,14H2,1-6H3,(H,30,35)(H,32,34)/b20-11-,21-19+. The predicted molar refractivity (Wildman–Crippen MR) is 142 cm³/mol. The zero-order valence-corrected chi connectivity index (χ0v) is 21.9. The van der Waals surface area contributed by atoms with E-state index in [9.17, 15) is 9.59 Å². The van der Waals surface area contributed by atoms with Gasteiger partial charge in [-0.05, 0) is 61.6 Å². The molecule has 2 N–H and O–H groups in total. The fourth-order valence-corrected chi connectivity index (χ4v) is 4.06. The number of hydrogen-bond acceptors (Lipinski definition) is 5. The largest absolute Gasteiger partial charge is 0.481 e. The maximum Gasteiger partial charge on any atom is 0.268 e. The number of ether oxygens (including phenoxy) is 1. The van der Waals surface area contributed by atoms with Crippen molar-refractivity contribution in [3.05, 3.63) is 71.1 Å². The summed E-state index contributed by atoms with van der Waals surface area (Å²) in [6.07, 6.45) is 7.88. The Morgan fingerprint density at radius 2 is 1.94 bits per heavy atom. The molecule has 2 amide bonds. The van der Waals surface area contributed by atoms with E-state index in [1.165, 1.54) is 0 Å². The third-order valence-electron chi connectivity index (χ3n) is 6.00. The molecule has 0 bridgehead atoms. The maximum absolute atomic E-state index is 13.4. The van der Waals surface area contributed by atoms with E-state index in [2.05, 4.69) is 41.4 Å². The van der Waals surface area contributed by atoms with Gasteiger partial charge in [0.25, 0.3) is 5.91 Å². The number of aromatic nitrogens is 3. The SMILES string of the molecule is CCCC(/C=C(/C)NC=O)=C(/C)CNC(=O)c1cc(-c2ccc(OC)nc2)cc2c(C(C)C)ncn12. The number of hydrogen-bond donors (Lipinski definition) is 2. The van der Waals surface area contributed by atoms with E-state index in [1.807, 2.05) is 42.5 Å². The topological polar surface area (TPSA) is 97.6 Å². The van der Waals surface area contributed by atoms with Crippen LogP contribution in [0.4, 0.5) is 0 Å². The molecule has 8 heteroatoms. The zero-order valence-electron chi connectivity index (χ0n) is 21.9. The van der Waals surface area contributed by atoms with Gasteiger partial charge in [-0.2, -0.15) is 0 Å². The van der Waals surface area contributed by atoms with Crippen LogP contribution < -0.4 is 15.4 Å². The van der Waals surface area contributed by atoms with Crippen molar-refractivity contribution >= 4 is 17.8 Å². The quantitative estimate of drug-likeness (QED) is 0.291. The predicted octanol–water partition coefficient (Wildman–Crippen LogP) is 5.02. The molecule has 8 nitrogen and oxygen atoms in total. The highest BCUT2D eigenvalue weighted by Crippen LogP contribution is 2.28. The minimum atomic E-state index is -0.196. The van der Waals surface area contributed by atoms with Crippen LogP contribution in [0.25, 0.3) is 16.6 Å². The average molecular weight is 490 g/mol. The summed E-state index contributed by atoms with van der Waals surface area (Å²) in [6.45, 7) is 10.5. The minimum Gasteiger partial charge on any atom is -0.481 e. The lowest BCUT2D eigenvalue weighted by Crippen LogP contribution is -2.27. The normalized spacial score (nSPS) is 12.5. The van der Waals surface area contributed by atoms with Crippen molar-refractivity contribution in [1.82, 2.24) is 25.0 Å². The van der Waals surface area contributed by atoms with Crippen LogP contribution in [0, 0.1) is 0 Å². The van der Waals surface area contributed by atoms with Crippen molar-refractivity contribution in [1.29, 1.82) is 0 Å². The Balaban J connectivity index is 1.98. The molecule has 0 unspecified atom stereocenters. The Kier molecular flexibility index (Phi) is 9.00. The van der Waals surface area contributed by atoms with Crippen LogP contribution in [0.5, 0.6) is 5.88 Å². The van der Waals surface area contributed by atoms with Gasteiger partial charge in [0.2, 0.25) is 12.3 Å². The molecule has 0 saturated carbocycles. The number of allylic oxidation sites excluding steroid dienone is 3.